The summed E-state index contributed by atoms with van der Waals surface area (Å²) in [6, 6.07) is 7.07. The summed E-state index contributed by atoms with van der Waals surface area (Å²) in [6.07, 6.45) is 1.94. The minimum Gasteiger partial charge on any atom is -0.325 e. The van der Waals surface area contributed by atoms with Crippen molar-refractivity contribution in [3.05, 3.63) is 46.7 Å². The molecular weight excluding hydrogens is 276 g/mol. The highest BCUT2D eigenvalue weighted by Crippen LogP contribution is 2.14. The van der Waals surface area contributed by atoms with Crippen molar-refractivity contribution in [3.8, 4) is 0 Å². The maximum atomic E-state index is 11.8. The molecule has 20 heavy (non-hydrogen) atoms. The first-order valence-electron chi connectivity index (χ1n) is 6.30. The number of anilines is 1. The van der Waals surface area contributed by atoms with Crippen LogP contribution in [0, 0.1) is 6.92 Å². The number of benzene rings is 1. The molecule has 0 aliphatic rings. The molecule has 0 bridgehead atoms. The topological polar surface area (TPSA) is 59.0 Å². The van der Waals surface area contributed by atoms with Crippen LogP contribution in [0.4, 0.5) is 5.69 Å². The number of nitrogens with one attached hydrogen (secondary N) is 2. The number of aromatic nitrogens is 2. The van der Waals surface area contributed by atoms with Crippen molar-refractivity contribution in [2.75, 3.05) is 11.9 Å². The van der Waals surface area contributed by atoms with Gasteiger partial charge >= 0.3 is 0 Å². The van der Waals surface area contributed by atoms with Gasteiger partial charge in [-0.3, -0.25) is 9.48 Å². The summed E-state index contributed by atoms with van der Waals surface area (Å²) in [4.78, 5) is 11.8. The molecule has 1 heterocycles. The second kappa shape index (κ2) is 6.54. The Morgan fingerprint density at radius 3 is 2.90 bits per heavy atom. The summed E-state index contributed by atoms with van der Waals surface area (Å²) in [5, 5.41) is 10.7. The van der Waals surface area contributed by atoms with E-state index in [-0.39, 0.29) is 12.5 Å². The van der Waals surface area contributed by atoms with E-state index >= 15 is 0 Å². The van der Waals surface area contributed by atoms with Crippen LogP contribution in [0.1, 0.15) is 11.3 Å². The van der Waals surface area contributed by atoms with Gasteiger partial charge in [0.15, 0.2) is 0 Å². The Kier molecular flexibility index (Phi) is 4.76. The van der Waals surface area contributed by atoms with Crippen LogP contribution < -0.4 is 10.6 Å². The maximum absolute atomic E-state index is 11.8. The average Bonchev–Trinajstić information content (AvgIpc) is 2.68. The summed E-state index contributed by atoms with van der Waals surface area (Å²) >= 11 is 5.86. The third kappa shape index (κ3) is 4.08. The Labute approximate surface area is 122 Å². The van der Waals surface area contributed by atoms with Crippen molar-refractivity contribution in [2.24, 2.45) is 7.05 Å². The molecule has 0 radical (unpaired) electrons. The van der Waals surface area contributed by atoms with Crippen LogP contribution in [-0.2, 0) is 18.4 Å². The van der Waals surface area contributed by atoms with Gasteiger partial charge in [0.1, 0.15) is 0 Å². The van der Waals surface area contributed by atoms with E-state index in [9.17, 15) is 4.79 Å². The van der Waals surface area contributed by atoms with Crippen molar-refractivity contribution >= 4 is 23.2 Å². The minimum absolute atomic E-state index is 0.103. The lowest BCUT2D eigenvalue weighted by atomic mass is 10.2. The number of hydrogen-bond acceptors (Lipinski definition) is 3. The second-order valence-electron chi connectivity index (χ2n) is 4.58. The van der Waals surface area contributed by atoms with Crippen LogP contribution in [0.5, 0.6) is 0 Å². The summed E-state index contributed by atoms with van der Waals surface area (Å²) in [5.74, 6) is -0.103. The molecule has 0 saturated carbocycles. The van der Waals surface area contributed by atoms with Gasteiger partial charge in [-0.25, -0.2) is 0 Å². The van der Waals surface area contributed by atoms with Crippen molar-refractivity contribution in [1.29, 1.82) is 0 Å². The highest BCUT2D eigenvalue weighted by atomic mass is 35.5. The fourth-order valence-electron chi connectivity index (χ4n) is 1.90. The number of nitrogens with zero attached hydrogens (tertiary/aromatic N) is 2. The largest absolute Gasteiger partial charge is 0.325 e. The molecular formula is C14H17ClN4O. The third-order valence-corrected chi connectivity index (χ3v) is 3.06. The highest BCUT2D eigenvalue weighted by molar-refractivity contribution is 6.30. The quantitative estimate of drug-likeness (QED) is 0.887. The van der Waals surface area contributed by atoms with Gasteiger partial charge in [-0.1, -0.05) is 17.7 Å². The van der Waals surface area contributed by atoms with Gasteiger partial charge in [-0.05, 0) is 25.1 Å². The Balaban J connectivity index is 1.79. The molecule has 2 N–H and O–H groups in total. The monoisotopic (exact) mass is 292 g/mol. The molecule has 1 aromatic carbocycles. The average molecular weight is 293 g/mol. The van der Waals surface area contributed by atoms with Gasteiger partial charge in [0, 0.05) is 36.1 Å². The summed E-state index contributed by atoms with van der Waals surface area (Å²) < 4.78 is 1.76. The predicted molar refractivity (Wildman–Crippen MR) is 79.7 cm³/mol. The molecule has 0 atom stereocenters. The van der Waals surface area contributed by atoms with Crippen molar-refractivity contribution in [2.45, 2.75) is 13.5 Å². The van der Waals surface area contributed by atoms with Crippen LogP contribution >= 0.6 is 11.6 Å². The van der Waals surface area contributed by atoms with Gasteiger partial charge in [0.05, 0.1) is 12.2 Å². The third-order valence-electron chi connectivity index (χ3n) is 2.82. The molecule has 2 aromatic rings. The fraction of sp³-hybridized carbons (Fsp3) is 0.286. The van der Waals surface area contributed by atoms with Crippen molar-refractivity contribution in [3.63, 3.8) is 0 Å². The predicted octanol–water partition coefficient (Wildman–Crippen LogP) is 2.11. The minimum atomic E-state index is -0.103. The highest BCUT2D eigenvalue weighted by Gasteiger charge is 2.05. The van der Waals surface area contributed by atoms with E-state index < -0.39 is 0 Å². The second-order valence-corrected chi connectivity index (χ2v) is 5.01. The lowest BCUT2D eigenvalue weighted by molar-refractivity contribution is -0.115. The molecule has 106 valence electrons. The molecule has 2 rings (SSSR count). The normalized spacial score (nSPS) is 10.6. The van der Waals surface area contributed by atoms with Crippen LogP contribution in [0.2, 0.25) is 5.02 Å². The molecule has 1 aromatic heterocycles. The van der Waals surface area contributed by atoms with Gasteiger partial charge in [-0.2, -0.15) is 5.10 Å². The molecule has 0 unspecified atom stereocenters. The van der Waals surface area contributed by atoms with Crippen LogP contribution in [0.25, 0.3) is 0 Å². The summed E-state index contributed by atoms with van der Waals surface area (Å²) in [6.45, 7) is 2.80. The Bertz CT molecular complexity index is 609. The number of carbonyl (C=O) groups is 1. The molecule has 5 nitrogen and oxygen atoms in total. The number of halogens is 1. The van der Waals surface area contributed by atoms with Gasteiger partial charge in [-0.15, -0.1) is 0 Å². The molecule has 1 amide bonds. The first-order chi connectivity index (χ1) is 9.54. The smallest absolute Gasteiger partial charge is 0.238 e. The van der Waals surface area contributed by atoms with Crippen LogP contribution in [-0.4, -0.2) is 22.2 Å². The lowest BCUT2D eigenvalue weighted by Gasteiger charge is -2.06. The van der Waals surface area contributed by atoms with E-state index in [1.54, 1.807) is 28.9 Å². The van der Waals surface area contributed by atoms with Crippen molar-refractivity contribution in [1.82, 2.24) is 15.1 Å². The zero-order valence-electron chi connectivity index (χ0n) is 11.5. The number of amides is 1. The van der Waals surface area contributed by atoms with Crippen LogP contribution in [0.15, 0.2) is 30.5 Å². The maximum Gasteiger partial charge on any atom is 0.238 e. The number of hydrogen-bond donors (Lipinski definition) is 2. The van der Waals surface area contributed by atoms with E-state index in [4.69, 9.17) is 11.6 Å². The standard InChI is InChI=1S/C14H17ClN4O/c1-10-11(9-19(2)18-10)7-16-8-14(20)17-13-5-3-4-12(15)6-13/h3-6,9,16H,7-8H2,1-2H3,(H,17,20). The molecule has 6 heteroatoms. The van der Waals surface area contributed by atoms with Gasteiger partial charge < -0.3 is 10.6 Å². The molecule has 0 spiro atoms. The molecule has 0 aliphatic heterocycles. The Morgan fingerprint density at radius 2 is 2.25 bits per heavy atom. The van der Waals surface area contributed by atoms with E-state index in [1.165, 1.54) is 0 Å². The van der Waals surface area contributed by atoms with Crippen molar-refractivity contribution < 1.29 is 4.79 Å². The summed E-state index contributed by atoms with van der Waals surface area (Å²) in [5.41, 5.74) is 2.75. The Hall–Kier alpha value is -1.85. The Morgan fingerprint density at radius 1 is 1.45 bits per heavy atom. The van der Waals surface area contributed by atoms with E-state index in [2.05, 4.69) is 15.7 Å². The number of carbonyl (C=O) groups excluding carboxylic acids is 1. The lowest BCUT2D eigenvalue weighted by Crippen LogP contribution is -2.27. The molecule has 0 aliphatic carbocycles. The van der Waals surface area contributed by atoms with E-state index in [0.717, 1.165) is 11.3 Å². The van der Waals surface area contributed by atoms with Gasteiger partial charge in [0.2, 0.25) is 5.91 Å². The first-order valence-corrected chi connectivity index (χ1v) is 6.67. The van der Waals surface area contributed by atoms with E-state index in [0.29, 0.717) is 17.3 Å². The number of rotatable bonds is 5. The SMILES string of the molecule is Cc1nn(C)cc1CNCC(=O)Nc1cccc(Cl)c1. The van der Waals surface area contributed by atoms with Crippen LogP contribution in [0.3, 0.4) is 0 Å². The van der Waals surface area contributed by atoms with E-state index in [1.807, 2.05) is 20.2 Å². The molecule has 0 fully saturated rings. The summed E-state index contributed by atoms with van der Waals surface area (Å²) in [7, 11) is 1.88. The zero-order chi connectivity index (χ0) is 14.5. The molecule has 0 saturated heterocycles. The fourth-order valence-corrected chi connectivity index (χ4v) is 2.09. The zero-order valence-corrected chi connectivity index (χ0v) is 12.2. The number of aryl methyl sites for hydroxylation is 2. The van der Waals surface area contributed by atoms with Gasteiger partial charge in [0.25, 0.3) is 0 Å². The first kappa shape index (κ1) is 14.6.